The molecular formula is C23H29N3O4. The highest BCUT2D eigenvalue weighted by molar-refractivity contribution is 5.94. The summed E-state index contributed by atoms with van der Waals surface area (Å²) in [6, 6.07) is 15.1. The lowest BCUT2D eigenvalue weighted by Crippen LogP contribution is -2.51. The molecule has 3 rings (SSSR count). The van der Waals surface area contributed by atoms with E-state index in [4.69, 9.17) is 9.47 Å². The SMILES string of the molecule is COc1ccc(CCNC(=O)CN2CCN(C(=O)c3ccccc3)CC2)cc1OC. The third-order valence-electron chi connectivity index (χ3n) is 5.23. The molecule has 2 aromatic carbocycles. The van der Waals surface area contributed by atoms with Crippen molar-refractivity contribution in [1.29, 1.82) is 0 Å². The Bertz CT molecular complexity index is 849. The molecule has 1 heterocycles. The van der Waals surface area contributed by atoms with Crippen LogP contribution in [0.3, 0.4) is 0 Å². The average molecular weight is 412 g/mol. The lowest BCUT2D eigenvalue weighted by atomic mass is 10.1. The van der Waals surface area contributed by atoms with E-state index in [-0.39, 0.29) is 11.8 Å². The molecule has 1 aliphatic heterocycles. The first-order valence-corrected chi connectivity index (χ1v) is 10.1. The molecule has 7 heteroatoms. The van der Waals surface area contributed by atoms with E-state index in [2.05, 4.69) is 10.2 Å². The Hall–Kier alpha value is -3.06. The summed E-state index contributed by atoms with van der Waals surface area (Å²) in [7, 11) is 3.21. The highest BCUT2D eigenvalue weighted by atomic mass is 16.5. The number of hydrogen-bond donors (Lipinski definition) is 1. The van der Waals surface area contributed by atoms with Gasteiger partial charge in [0.1, 0.15) is 0 Å². The van der Waals surface area contributed by atoms with Crippen LogP contribution in [0.5, 0.6) is 11.5 Å². The van der Waals surface area contributed by atoms with Crippen LogP contribution in [0.15, 0.2) is 48.5 Å². The minimum Gasteiger partial charge on any atom is -0.493 e. The molecule has 30 heavy (non-hydrogen) atoms. The van der Waals surface area contributed by atoms with Crippen LogP contribution in [-0.2, 0) is 11.2 Å². The molecule has 1 saturated heterocycles. The van der Waals surface area contributed by atoms with Crippen molar-refractivity contribution >= 4 is 11.8 Å². The largest absolute Gasteiger partial charge is 0.493 e. The number of ether oxygens (including phenoxy) is 2. The zero-order valence-electron chi connectivity index (χ0n) is 17.6. The smallest absolute Gasteiger partial charge is 0.253 e. The quantitative estimate of drug-likeness (QED) is 0.718. The van der Waals surface area contributed by atoms with Crippen molar-refractivity contribution in [1.82, 2.24) is 15.1 Å². The number of carbonyl (C=O) groups is 2. The van der Waals surface area contributed by atoms with Crippen LogP contribution in [-0.4, -0.2) is 75.1 Å². The van der Waals surface area contributed by atoms with Crippen LogP contribution in [0.1, 0.15) is 15.9 Å². The van der Waals surface area contributed by atoms with Crippen molar-refractivity contribution in [2.24, 2.45) is 0 Å². The predicted octanol–water partition coefficient (Wildman–Crippen LogP) is 1.82. The maximum absolute atomic E-state index is 12.5. The van der Waals surface area contributed by atoms with E-state index in [0.717, 1.165) is 5.56 Å². The number of hydrogen-bond acceptors (Lipinski definition) is 5. The second-order valence-electron chi connectivity index (χ2n) is 7.22. The number of piperazine rings is 1. The number of rotatable bonds is 8. The first kappa shape index (κ1) is 21.6. The molecule has 160 valence electrons. The molecule has 1 aliphatic rings. The maximum atomic E-state index is 12.5. The monoisotopic (exact) mass is 411 g/mol. The van der Waals surface area contributed by atoms with Crippen LogP contribution in [0.2, 0.25) is 0 Å². The van der Waals surface area contributed by atoms with Gasteiger partial charge in [0.05, 0.1) is 20.8 Å². The third-order valence-corrected chi connectivity index (χ3v) is 5.23. The van der Waals surface area contributed by atoms with Gasteiger partial charge in [-0.15, -0.1) is 0 Å². The summed E-state index contributed by atoms with van der Waals surface area (Å²) >= 11 is 0. The fourth-order valence-electron chi connectivity index (χ4n) is 3.51. The zero-order chi connectivity index (χ0) is 21.3. The lowest BCUT2D eigenvalue weighted by molar-refractivity contribution is -0.122. The van der Waals surface area contributed by atoms with Gasteiger partial charge in [0.15, 0.2) is 11.5 Å². The summed E-state index contributed by atoms with van der Waals surface area (Å²) < 4.78 is 10.6. The minimum atomic E-state index is -0.00156. The van der Waals surface area contributed by atoms with Gasteiger partial charge < -0.3 is 19.7 Å². The Morgan fingerprint density at radius 1 is 0.933 bits per heavy atom. The summed E-state index contributed by atoms with van der Waals surface area (Å²) in [5, 5.41) is 2.97. The van der Waals surface area contributed by atoms with Gasteiger partial charge in [0, 0.05) is 38.3 Å². The van der Waals surface area contributed by atoms with Gasteiger partial charge in [0.2, 0.25) is 5.91 Å². The highest BCUT2D eigenvalue weighted by Gasteiger charge is 2.23. The van der Waals surface area contributed by atoms with Crippen LogP contribution >= 0.6 is 0 Å². The third kappa shape index (κ3) is 5.73. The molecule has 0 radical (unpaired) electrons. The molecular weight excluding hydrogens is 382 g/mol. The van der Waals surface area contributed by atoms with Gasteiger partial charge in [0.25, 0.3) is 5.91 Å². The Labute approximate surface area is 177 Å². The molecule has 0 unspecified atom stereocenters. The van der Waals surface area contributed by atoms with Crippen molar-refractivity contribution in [3.63, 3.8) is 0 Å². The molecule has 0 bridgehead atoms. The summed E-state index contributed by atoms with van der Waals surface area (Å²) in [4.78, 5) is 28.7. The fraction of sp³-hybridized carbons (Fsp3) is 0.391. The number of methoxy groups -OCH3 is 2. The number of amides is 2. The predicted molar refractivity (Wildman–Crippen MR) is 115 cm³/mol. The number of benzene rings is 2. The number of carbonyl (C=O) groups excluding carboxylic acids is 2. The fourth-order valence-corrected chi connectivity index (χ4v) is 3.51. The Morgan fingerprint density at radius 2 is 1.63 bits per heavy atom. The van der Waals surface area contributed by atoms with Crippen molar-refractivity contribution in [3.05, 3.63) is 59.7 Å². The van der Waals surface area contributed by atoms with Gasteiger partial charge >= 0.3 is 0 Å². The van der Waals surface area contributed by atoms with Crippen LogP contribution in [0, 0.1) is 0 Å². The normalized spacial score (nSPS) is 14.3. The molecule has 0 aliphatic carbocycles. The van der Waals surface area contributed by atoms with E-state index in [1.165, 1.54) is 0 Å². The second kappa shape index (κ2) is 10.6. The van der Waals surface area contributed by atoms with E-state index in [1.807, 2.05) is 53.4 Å². The molecule has 1 fully saturated rings. The van der Waals surface area contributed by atoms with E-state index in [0.29, 0.717) is 62.8 Å². The summed E-state index contributed by atoms with van der Waals surface area (Å²) in [6.07, 6.45) is 0.714. The van der Waals surface area contributed by atoms with E-state index < -0.39 is 0 Å². The van der Waals surface area contributed by atoms with Crippen molar-refractivity contribution in [2.45, 2.75) is 6.42 Å². The molecule has 2 amide bonds. The first-order chi connectivity index (χ1) is 14.6. The van der Waals surface area contributed by atoms with Gasteiger partial charge in [-0.3, -0.25) is 14.5 Å². The van der Waals surface area contributed by atoms with Crippen molar-refractivity contribution in [2.75, 3.05) is 53.5 Å². The molecule has 1 N–H and O–H groups in total. The van der Waals surface area contributed by atoms with E-state index >= 15 is 0 Å². The molecule has 0 atom stereocenters. The summed E-state index contributed by atoms with van der Waals surface area (Å²) in [6.45, 7) is 3.56. The topological polar surface area (TPSA) is 71.1 Å². The summed E-state index contributed by atoms with van der Waals surface area (Å²) in [5.74, 6) is 1.42. The zero-order valence-corrected chi connectivity index (χ0v) is 17.6. The minimum absolute atomic E-state index is 0.00156. The maximum Gasteiger partial charge on any atom is 0.253 e. The van der Waals surface area contributed by atoms with Gasteiger partial charge in [-0.1, -0.05) is 24.3 Å². The van der Waals surface area contributed by atoms with E-state index in [1.54, 1.807) is 14.2 Å². The molecule has 2 aromatic rings. The summed E-state index contributed by atoms with van der Waals surface area (Å²) in [5.41, 5.74) is 1.78. The molecule has 7 nitrogen and oxygen atoms in total. The first-order valence-electron chi connectivity index (χ1n) is 10.1. The Balaban J connectivity index is 1.38. The van der Waals surface area contributed by atoms with Crippen LogP contribution in [0.25, 0.3) is 0 Å². The van der Waals surface area contributed by atoms with Crippen molar-refractivity contribution < 1.29 is 19.1 Å². The highest BCUT2D eigenvalue weighted by Crippen LogP contribution is 2.27. The Morgan fingerprint density at radius 3 is 2.30 bits per heavy atom. The molecule has 0 aromatic heterocycles. The van der Waals surface area contributed by atoms with Crippen LogP contribution < -0.4 is 14.8 Å². The van der Waals surface area contributed by atoms with Gasteiger partial charge in [-0.05, 0) is 36.2 Å². The average Bonchev–Trinajstić information content (AvgIpc) is 2.79. The van der Waals surface area contributed by atoms with Crippen LogP contribution in [0.4, 0.5) is 0 Å². The Kier molecular flexibility index (Phi) is 7.68. The lowest BCUT2D eigenvalue weighted by Gasteiger charge is -2.34. The van der Waals surface area contributed by atoms with E-state index in [9.17, 15) is 9.59 Å². The second-order valence-corrected chi connectivity index (χ2v) is 7.22. The number of nitrogens with one attached hydrogen (secondary N) is 1. The van der Waals surface area contributed by atoms with Gasteiger partial charge in [-0.2, -0.15) is 0 Å². The number of nitrogens with zero attached hydrogens (tertiary/aromatic N) is 2. The van der Waals surface area contributed by atoms with Crippen molar-refractivity contribution in [3.8, 4) is 11.5 Å². The molecule has 0 spiro atoms. The molecule has 0 saturated carbocycles. The van der Waals surface area contributed by atoms with Gasteiger partial charge in [-0.25, -0.2) is 0 Å². The standard InChI is InChI=1S/C23H29N3O4/c1-29-20-9-8-18(16-21(20)30-2)10-11-24-22(27)17-25-12-14-26(15-13-25)23(28)19-6-4-3-5-7-19/h3-9,16H,10-15,17H2,1-2H3,(H,24,27).